The van der Waals surface area contributed by atoms with Gasteiger partial charge in [-0.3, -0.25) is 0 Å². The summed E-state index contributed by atoms with van der Waals surface area (Å²) in [4.78, 5) is 1.36. The first kappa shape index (κ1) is 20.0. The van der Waals surface area contributed by atoms with Crippen LogP contribution >= 0.6 is 12.2 Å². The molecule has 0 amide bonds. The summed E-state index contributed by atoms with van der Waals surface area (Å²) in [5, 5.41) is 3.65. The molecule has 2 rings (SSSR count). The van der Waals surface area contributed by atoms with Crippen molar-refractivity contribution in [3.63, 3.8) is 0 Å². The minimum Gasteiger partial charge on any atom is -0.385 e. The maximum absolute atomic E-state index is 13.8. The van der Waals surface area contributed by atoms with E-state index >= 15 is 0 Å². The lowest BCUT2D eigenvalue weighted by Crippen LogP contribution is -2.53. The van der Waals surface area contributed by atoms with Crippen LogP contribution in [0.25, 0.3) is 0 Å². The van der Waals surface area contributed by atoms with Gasteiger partial charge in [-0.1, -0.05) is 0 Å². The van der Waals surface area contributed by atoms with E-state index in [2.05, 4.69) is 5.32 Å². The number of rotatable bonds is 6. The van der Waals surface area contributed by atoms with E-state index in [4.69, 9.17) is 17.0 Å². The Kier molecular flexibility index (Phi) is 7.05. The average molecular weight is 393 g/mol. The van der Waals surface area contributed by atoms with Gasteiger partial charge in [0.15, 0.2) is 5.11 Å². The minimum atomic E-state index is -4.00. The predicted molar refractivity (Wildman–Crippen MR) is 93.8 cm³/mol. The maximum Gasteiger partial charge on any atom is 0.246 e. The largest absolute Gasteiger partial charge is 0.385 e. The second kappa shape index (κ2) is 8.84. The van der Waals surface area contributed by atoms with Gasteiger partial charge in [-0.15, -0.1) is 0 Å². The Balaban J connectivity index is 1.93. The lowest BCUT2D eigenvalue weighted by Gasteiger charge is -2.35. The van der Waals surface area contributed by atoms with Crippen molar-refractivity contribution in [2.45, 2.75) is 11.3 Å². The molecule has 0 unspecified atom stereocenters. The van der Waals surface area contributed by atoms with E-state index in [1.54, 1.807) is 7.11 Å². The second-order valence-electron chi connectivity index (χ2n) is 5.54. The van der Waals surface area contributed by atoms with Crippen molar-refractivity contribution in [2.24, 2.45) is 0 Å². The van der Waals surface area contributed by atoms with E-state index in [0.29, 0.717) is 37.4 Å². The molecule has 25 heavy (non-hydrogen) atoms. The summed E-state index contributed by atoms with van der Waals surface area (Å²) < 4.78 is 58.0. The highest BCUT2D eigenvalue weighted by Crippen LogP contribution is 2.21. The highest BCUT2D eigenvalue weighted by atomic mass is 32.2. The van der Waals surface area contributed by atoms with Gasteiger partial charge in [0.05, 0.1) is 0 Å². The van der Waals surface area contributed by atoms with E-state index in [1.807, 2.05) is 4.90 Å². The van der Waals surface area contributed by atoms with E-state index in [0.717, 1.165) is 18.6 Å². The standard InChI is InChI=1S/C15H21F2N3O3S2/c1-23-10-2-5-18-15(24)19-6-8-20(9-7-19)25(21,22)14-4-3-12(16)11-13(14)17/h3-4,11H,2,5-10H2,1H3,(H,18,24). The van der Waals surface area contributed by atoms with Gasteiger partial charge in [0.25, 0.3) is 0 Å². The van der Waals surface area contributed by atoms with Crippen LogP contribution in [-0.4, -0.2) is 69.2 Å². The van der Waals surface area contributed by atoms with Crippen LogP contribution in [0.1, 0.15) is 6.42 Å². The molecule has 0 aliphatic carbocycles. The fourth-order valence-corrected chi connectivity index (χ4v) is 4.23. The molecule has 1 aliphatic heterocycles. The third-order valence-corrected chi connectivity index (χ3v) is 6.17. The van der Waals surface area contributed by atoms with Crippen molar-refractivity contribution in [1.82, 2.24) is 14.5 Å². The molecule has 1 fully saturated rings. The first-order chi connectivity index (χ1) is 11.9. The van der Waals surface area contributed by atoms with Gasteiger partial charge in [0.2, 0.25) is 10.0 Å². The Labute approximate surface area is 151 Å². The van der Waals surface area contributed by atoms with Crippen molar-refractivity contribution in [1.29, 1.82) is 0 Å². The smallest absolute Gasteiger partial charge is 0.246 e. The Hall–Kier alpha value is -1.36. The molecule has 1 heterocycles. The summed E-state index contributed by atoms with van der Waals surface area (Å²) in [5.74, 6) is -1.90. The van der Waals surface area contributed by atoms with E-state index in [1.165, 1.54) is 4.31 Å². The van der Waals surface area contributed by atoms with Gasteiger partial charge in [0.1, 0.15) is 16.5 Å². The lowest BCUT2D eigenvalue weighted by atomic mass is 10.3. The molecule has 0 saturated carbocycles. The normalized spacial score (nSPS) is 16.0. The van der Waals surface area contributed by atoms with Crippen LogP contribution < -0.4 is 5.32 Å². The van der Waals surface area contributed by atoms with E-state index < -0.39 is 26.6 Å². The number of methoxy groups -OCH3 is 1. The third kappa shape index (κ3) is 5.06. The quantitative estimate of drug-likeness (QED) is 0.579. The molecule has 0 aromatic heterocycles. The van der Waals surface area contributed by atoms with Crippen LogP contribution in [0, 0.1) is 11.6 Å². The molecular formula is C15H21F2N3O3S2. The van der Waals surface area contributed by atoms with Gasteiger partial charge in [-0.2, -0.15) is 4.31 Å². The van der Waals surface area contributed by atoms with E-state index in [-0.39, 0.29) is 13.1 Å². The number of nitrogens with one attached hydrogen (secondary N) is 1. The Morgan fingerprint density at radius 3 is 2.56 bits per heavy atom. The monoisotopic (exact) mass is 393 g/mol. The number of ether oxygens (including phenoxy) is 1. The summed E-state index contributed by atoms with van der Waals surface area (Å²) in [6.45, 7) is 2.46. The van der Waals surface area contributed by atoms with Crippen molar-refractivity contribution in [3.05, 3.63) is 29.8 Å². The first-order valence-electron chi connectivity index (χ1n) is 7.83. The molecule has 140 valence electrons. The van der Waals surface area contributed by atoms with Gasteiger partial charge >= 0.3 is 0 Å². The highest BCUT2D eigenvalue weighted by Gasteiger charge is 2.31. The van der Waals surface area contributed by atoms with Crippen LogP contribution in [0.3, 0.4) is 0 Å². The van der Waals surface area contributed by atoms with Crippen LogP contribution in [0.4, 0.5) is 8.78 Å². The van der Waals surface area contributed by atoms with Crippen LogP contribution in [0.2, 0.25) is 0 Å². The molecule has 1 aliphatic rings. The topological polar surface area (TPSA) is 61.9 Å². The summed E-state index contributed by atoms with van der Waals surface area (Å²) >= 11 is 5.29. The summed E-state index contributed by atoms with van der Waals surface area (Å²) in [6, 6.07) is 2.46. The Morgan fingerprint density at radius 1 is 1.28 bits per heavy atom. The number of hydrogen-bond donors (Lipinski definition) is 1. The molecular weight excluding hydrogens is 372 g/mol. The van der Waals surface area contributed by atoms with Crippen molar-refractivity contribution < 1.29 is 21.9 Å². The molecule has 10 heteroatoms. The second-order valence-corrected chi connectivity index (χ2v) is 7.84. The van der Waals surface area contributed by atoms with Crippen molar-refractivity contribution in [2.75, 3.05) is 46.4 Å². The van der Waals surface area contributed by atoms with Gasteiger partial charge < -0.3 is 15.0 Å². The SMILES string of the molecule is COCCCNC(=S)N1CCN(S(=O)(=O)c2ccc(F)cc2F)CC1. The van der Waals surface area contributed by atoms with Gasteiger partial charge in [0, 0.05) is 52.5 Å². The summed E-state index contributed by atoms with van der Waals surface area (Å²) in [6.07, 6.45) is 0.814. The molecule has 6 nitrogen and oxygen atoms in total. The molecule has 0 atom stereocenters. The fourth-order valence-electron chi connectivity index (χ4n) is 2.48. The zero-order valence-corrected chi connectivity index (χ0v) is 15.5. The zero-order chi connectivity index (χ0) is 18.4. The van der Waals surface area contributed by atoms with Gasteiger partial charge in [-0.25, -0.2) is 17.2 Å². The van der Waals surface area contributed by atoms with Crippen molar-refractivity contribution >= 4 is 27.4 Å². The fraction of sp³-hybridized carbons (Fsp3) is 0.533. The number of nitrogens with zero attached hydrogens (tertiary/aromatic N) is 2. The molecule has 1 aromatic carbocycles. The average Bonchev–Trinajstić information content (AvgIpc) is 2.58. The number of piperazine rings is 1. The Bertz CT molecular complexity index is 708. The number of hydrogen-bond acceptors (Lipinski definition) is 4. The molecule has 1 aromatic rings. The predicted octanol–water partition coefficient (Wildman–Crippen LogP) is 1.18. The molecule has 0 radical (unpaired) electrons. The number of sulfonamides is 1. The molecule has 0 bridgehead atoms. The zero-order valence-electron chi connectivity index (χ0n) is 13.9. The lowest BCUT2D eigenvalue weighted by molar-refractivity contribution is 0.195. The van der Waals surface area contributed by atoms with Crippen LogP contribution in [0.15, 0.2) is 23.1 Å². The summed E-state index contributed by atoms with van der Waals surface area (Å²) in [5.41, 5.74) is 0. The van der Waals surface area contributed by atoms with Crippen LogP contribution in [0.5, 0.6) is 0 Å². The molecule has 0 spiro atoms. The molecule has 1 N–H and O–H groups in total. The van der Waals surface area contributed by atoms with Crippen molar-refractivity contribution in [3.8, 4) is 0 Å². The van der Waals surface area contributed by atoms with E-state index in [9.17, 15) is 17.2 Å². The first-order valence-corrected chi connectivity index (χ1v) is 9.68. The number of benzene rings is 1. The van der Waals surface area contributed by atoms with Crippen LogP contribution in [-0.2, 0) is 14.8 Å². The molecule has 1 saturated heterocycles. The maximum atomic E-state index is 13.8. The Morgan fingerprint density at radius 2 is 1.96 bits per heavy atom. The number of halogens is 2. The third-order valence-electron chi connectivity index (χ3n) is 3.84. The minimum absolute atomic E-state index is 0.180. The summed E-state index contributed by atoms with van der Waals surface area (Å²) in [7, 11) is -2.37. The highest BCUT2D eigenvalue weighted by molar-refractivity contribution is 7.89. The van der Waals surface area contributed by atoms with Gasteiger partial charge in [-0.05, 0) is 30.8 Å². The number of thiocarbonyl (C=S) groups is 1.